The first-order chi connectivity index (χ1) is 13.5. The number of likely N-dealkylation sites (tertiary alicyclic amines) is 1. The highest BCUT2D eigenvalue weighted by Gasteiger charge is 2.34. The third kappa shape index (κ3) is 4.11. The third-order valence-corrected chi connectivity index (χ3v) is 6.17. The van der Waals surface area contributed by atoms with Crippen LogP contribution in [0.2, 0.25) is 5.02 Å². The van der Waals surface area contributed by atoms with Crippen molar-refractivity contribution < 1.29 is 19.4 Å². The number of halogens is 1. The fraction of sp³-hybridized carbons (Fsp3) is 0.600. The summed E-state index contributed by atoms with van der Waals surface area (Å²) >= 11 is 6.02. The molecule has 3 heterocycles. The van der Waals surface area contributed by atoms with Crippen molar-refractivity contribution in [1.82, 2.24) is 9.88 Å². The first-order valence-corrected chi connectivity index (χ1v) is 10.3. The van der Waals surface area contributed by atoms with Crippen LogP contribution in [0, 0.1) is 5.92 Å². The maximum Gasteiger partial charge on any atom is 0.298 e. The second-order valence-corrected chi connectivity index (χ2v) is 8.47. The molecular formula is C20H26ClN3O4. The first-order valence-electron chi connectivity index (χ1n) is 9.88. The molecule has 2 saturated heterocycles. The van der Waals surface area contributed by atoms with Crippen LogP contribution >= 0.6 is 11.6 Å². The molecule has 152 valence electrons. The van der Waals surface area contributed by atoms with Crippen molar-refractivity contribution in [1.29, 1.82) is 0 Å². The first kappa shape index (κ1) is 19.5. The molecule has 1 unspecified atom stereocenters. The zero-order chi connectivity index (χ0) is 19.7. The lowest BCUT2D eigenvalue weighted by molar-refractivity contribution is -0.138. The number of rotatable bonds is 4. The Kier molecular flexibility index (Phi) is 5.49. The van der Waals surface area contributed by atoms with Crippen LogP contribution in [0.3, 0.4) is 0 Å². The van der Waals surface area contributed by atoms with Crippen molar-refractivity contribution in [2.75, 3.05) is 37.7 Å². The average Bonchev–Trinajstić information content (AvgIpc) is 3.12. The van der Waals surface area contributed by atoms with Crippen LogP contribution in [-0.4, -0.2) is 64.4 Å². The third-order valence-electron chi connectivity index (χ3n) is 5.93. The minimum atomic E-state index is -1.03. The van der Waals surface area contributed by atoms with Crippen LogP contribution in [0.15, 0.2) is 22.6 Å². The van der Waals surface area contributed by atoms with Crippen LogP contribution < -0.4 is 4.90 Å². The Morgan fingerprint density at radius 3 is 2.86 bits per heavy atom. The number of fused-ring (bicyclic) bond motifs is 1. The van der Waals surface area contributed by atoms with Gasteiger partial charge in [0.2, 0.25) is 5.91 Å². The number of aliphatic hydroxyl groups is 2. The van der Waals surface area contributed by atoms with Gasteiger partial charge >= 0.3 is 0 Å². The summed E-state index contributed by atoms with van der Waals surface area (Å²) in [6.45, 7) is 2.35. The Balaban J connectivity index is 1.36. The van der Waals surface area contributed by atoms with Gasteiger partial charge in [-0.25, -0.2) is 0 Å². The van der Waals surface area contributed by atoms with Gasteiger partial charge in [-0.2, -0.15) is 4.98 Å². The molecule has 0 bridgehead atoms. The fourth-order valence-corrected chi connectivity index (χ4v) is 4.30. The van der Waals surface area contributed by atoms with E-state index in [0.717, 1.165) is 31.4 Å². The van der Waals surface area contributed by atoms with Crippen LogP contribution in [0.1, 0.15) is 32.1 Å². The van der Waals surface area contributed by atoms with Crippen LogP contribution in [-0.2, 0) is 4.79 Å². The Labute approximate surface area is 168 Å². The average molecular weight is 408 g/mol. The number of anilines is 1. The second-order valence-electron chi connectivity index (χ2n) is 8.03. The Hall–Kier alpha value is -1.83. The summed E-state index contributed by atoms with van der Waals surface area (Å²) in [5, 5.41) is 20.0. The molecule has 2 aromatic rings. The van der Waals surface area contributed by atoms with E-state index in [9.17, 15) is 15.0 Å². The van der Waals surface area contributed by atoms with E-state index in [0.29, 0.717) is 49.0 Å². The summed E-state index contributed by atoms with van der Waals surface area (Å²) in [7, 11) is 0. The molecule has 2 aliphatic heterocycles. The molecule has 28 heavy (non-hydrogen) atoms. The normalized spacial score (nSPS) is 22.6. The second kappa shape index (κ2) is 7.89. The number of carbonyl (C=O) groups is 1. The van der Waals surface area contributed by atoms with Gasteiger partial charge in [0, 0.05) is 43.7 Å². The number of nitrogens with zero attached hydrogens (tertiary/aromatic N) is 3. The predicted octanol–water partition coefficient (Wildman–Crippen LogP) is 2.43. The number of aliphatic hydroxyl groups excluding tert-OH is 1. The number of amides is 1. The Morgan fingerprint density at radius 2 is 2.11 bits per heavy atom. The minimum Gasteiger partial charge on any atom is -0.423 e. The monoisotopic (exact) mass is 407 g/mol. The van der Waals surface area contributed by atoms with Crippen LogP contribution in [0.4, 0.5) is 6.01 Å². The number of carbonyl (C=O) groups excluding carboxylic acids is 1. The van der Waals surface area contributed by atoms with E-state index >= 15 is 0 Å². The van der Waals surface area contributed by atoms with E-state index in [2.05, 4.69) is 9.88 Å². The molecule has 0 spiro atoms. The highest BCUT2D eigenvalue weighted by Crippen LogP contribution is 2.30. The lowest BCUT2D eigenvalue weighted by Gasteiger charge is -2.38. The van der Waals surface area contributed by atoms with Gasteiger partial charge < -0.3 is 24.4 Å². The summed E-state index contributed by atoms with van der Waals surface area (Å²) in [5.41, 5.74) is 0.418. The molecule has 1 aromatic heterocycles. The van der Waals surface area contributed by atoms with Crippen molar-refractivity contribution >= 4 is 34.6 Å². The summed E-state index contributed by atoms with van der Waals surface area (Å²) in [6, 6.07) is 5.99. The summed E-state index contributed by atoms with van der Waals surface area (Å²) < 4.78 is 5.88. The summed E-state index contributed by atoms with van der Waals surface area (Å²) in [5.74, 6) is 0.370. The number of oxazole rings is 1. The van der Waals surface area contributed by atoms with Gasteiger partial charge in [-0.1, -0.05) is 11.6 Å². The predicted molar refractivity (Wildman–Crippen MR) is 106 cm³/mol. The van der Waals surface area contributed by atoms with Gasteiger partial charge in [0.05, 0.1) is 12.2 Å². The lowest BCUT2D eigenvalue weighted by Crippen LogP contribution is -2.49. The maximum atomic E-state index is 12.7. The zero-order valence-corrected chi connectivity index (χ0v) is 16.6. The van der Waals surface area contributed by atoms with Gasteiger partial charge in [0.25, 0.3) is 6.01 Å². The molecule has 0 radical (unpaired) electrons. The summed E-state index contributed by atoms with van der Waals surface area (Å²) in [4.78, 5) is 21.2. The van der Waals surface area contributed by atoms with Gasteiger partial charge in [0.1, 0.15) is 5.52 Å². The van der Waals surface area contributed by atoms with E-state index in [1.807, 2.05) is 11.0 Å². The van der Waals surface area contributed by atoms with Crippen molar-refractivity contribution in [3.05, 3.63) is 23.2 Å². The Morgan fingerprint density at radius 1 is 1.32 bits per heavy atom. The Bertz CT molecular complexity index is 847. The van der Waals surface area contributed by atoms with E-state index in [-0.39, 0.29) is 18.4 Å². The van der Waals surface area contributed by atoms with Gasteiger partial charge in [-0.05, 0) is 43.7 Å². The molecule has 0 saturated carbocycles. The molecule has 2 fully saturated rings. The molecule has 0 aliphatic carbocycles. The van der Waals surface area contributed by atoms with E-state index < -0.39 is 5.60 Å². The summed E-state index contributed by atoms with van der Waals surface area (Å²) in [6.07, 6.45) is 3.33. The molecule has 4 rings (SSSR count). The van der Waals surface area contributed by atoms with Gasteiger partial charge in [-0.15, -0.1) is 0 Å². The van der Waals surface area contributed by atoms with Crippen molar-refractivity contribution in [3.8, 4) is 0 Å². The standard InChI is InChI=1S/C20H26ClN3O4/c21-15-3-4-16-17(11-15)28-19(22-16)24-7-1-2-14(12-24)10-18(26)23-8-5-20(27,13-25)6-9-23/h3-4,11,14,25,27H,1-2,5-10,12-13H2. The van der Waals surface area contributed by atoms with E-state index in [1.165, 1.54) is 0 Å². The van der Waals surface area contributed by atoms with Crippen LogP contribution in [0.5, 0.6) is 0 Å². The molecular weight excluding hydrogens is 382 g/mol. The molecule has 8 heteroatoms. The highest BCUT2D eigenvalue weighted by molar-refractivity contribution is 6.31. The number of aromatic nitrogens is 1. The molecule has 1 aromatic carbocycles. The SMILES string of the molecule is O=C(CC1CCCN(c2nc3ccc(Cl)cc3o2)C1)N1CCC(O)(CO)CC1. The van der Waals surface area contributed by atoms with Gasteiger partial charge in [0.15, 0.2) is 5.58 Å². The maximum absolute atomic E-state index is 12.7. The zero-order valence-electron chi connectivity index (χ0n) is 15.8. The number of hydrogen-bond donors (Lipinski definition) is 2. The molecule has 1 atom stereocenters. The number of piperidine rings is 2. The highest BCUT2D eigenvalue weighted by atomic mass is 35.5. The van der Waals surface area contributed by atoms with E-state index in [4.69, 9.17) is 16.0 Å². The van der Waals surface area contributed by atoms with Crippen molar-refractivity contribution in [2.24, 2.45) is 5.92 Å². The number of hydrogen-bond acceptors (Lipinski definition) is 6. The van der Waals surface area contributed by atoms with E-state index in [1.54, 1.807) is 12.1 Å². The van der Waals surface area contributed by atoms with Crippen molar-refractivity contribution in [2.45, 2.75) is 37.7 Å². The molecule has 7 nitrogen and oxygen atoms in total. The topological polar surface area (TPSA) is 90.0 Å². The molecule has 1 amide bonds. The fourth-order valence-electron chi connectivity index (χ4n) is 4.13. The van der Waals surface area contributed by atoms with Gasteiger partial charge in [-0.3, -0.25) is 4.79 Å². The quantitative estimate of drug-likeness (QED) is 0.809. The number of benzene rings is 1. The van der Waals surface area contributed by atoms with Crippen molar-refractivity contribution in [3.63, 3.8) is 0 Å². The lowest BCUT2D eigenvalue weighted by atomic mass is 9.90. The molecule has 2 aliphatic rings. The molecule has 2 N–H and O–H groups in total. The van der Waals surface area contributed by atoms with Crippen LogP contribution in [0.25, 0.3) is 11.1 Å². The largest absolute Gasteiger partial charge is 0.423 e. The smallest absolute Gasteiger partial charge is 0.298 e. The minimum absolute atomic E-state index is 0.121.